The Morgan fingerprint density at radius 2 is 1.79 bits per heavy atom. The largest absolute Gasteiger partial charge is 0.497 e. The van der Waals surface area contributed by atoms with Crippen molar-refractivity contribution < 1.29 is 22.7 Å². The monoisotopic (exact) mass is 406 g/mol. The molecule has 0 spiro atoms. The molecule has 0 bridgehead atoms. The molecule has 0 saturated carbocycles. The van der Waals surface area contributed by atoms with Gasteiger partial charge in [0.2, 0.25) is 0 Å². The molecule has 2 rings (SSSR count). The third-order valence-corrected chi connectivity index (χ3v) is 5.58. The third-order valence-electron chi connectivity index (χ3n) is 4.16. The van der Waals surface area contributed by atoms with Crippen molar-refractivity contribution in [2.45, 2.75) is 37.6 Å². The van der Waals surface area contributed by atoms with Crippen LogP contribution in [0.25, 0.3) is 0 Å². The fourth-order valence-electron chi connectivity index (χ4n) is 2.75. The number of rotatable bonds is 9. The Balaban J connectivity index is 2.42. The van der Waals surface area contributed by atoms with Crippen LogP contribution in [0, 0.1) is 0 Å². The number of hydrogen-bond donors (Lipinski definition) is 2. The summed E-state index contributed by atoms with van der Waals surface area (Å²) in [5.74, 6) is 0.0143. The van der Waals surface area contributed by atoms with Gasteiger partial charge in [0.25, 0.3) is 10.0 Å². The number of benzene rings is 2. The molecule has 0 aliphatic rings. The van der Waals surface area contributed by atoms with E-state index in [4.69, 9.17) is 9.47 Å². The van der Waals surface area contributed by atoms with Crippen molar-refractivity contribution in [3.05, 3.63) is 48.0 Å². The Kier molecular flexibility index (Phi) is 7.28. The highest BCUT2D eigenvalue weighted by molar-refractivity contribution is 7.92. The van der Waals surface area contributed by atoms with Gasteiger partial charge in [-0.15, -0.1) is 0 Å². The van der Waals surface area contributed by atoms with Gasteiger partial charge in [-0.2, -0.15) is 0 Å². The van der Waals surface area contributed by atoms with Gasteiger partial charge in [0, 0.05) is 11.7 Å². The summed E-state index contributed by atoms with van der Waals surface area (Å²) in [4.78, 5) is 11.9. The standard InChI is InChI=1S/C20H26N2O5S/c1-5-6-14(2)21-18-12-7-15(20(23)27-4)13-19(18)28(24,25)22-16-8-10-17(26-3)11-9-16/h7-14,21-22H,5-6H2,1-4H3/t14-/m0/s1. The Bertz CT molecular complexity index is 911. The van der Waals surface area contributed by atoms with Gasteiger partial charge < -0.3 is 14.8 Å². The number of nitrogens with one attached hydrogen (secondary N) is 2. The van der Waals surface area contributed by atoms with Gasteiger partial charge in [0.15, 0.2) is 0 Å². The van der Waals surface area contributed by atoms with Crippen LogP contribution in [0.3, 0.4) is 0 Å². The zero-order valence-electron chi connectivity index (χ0n) is 16.5. The van der Waals surface area contributed by atoms with Crippen LogP contribution >= 0.6 is 0 Å². The predicted molar refractivity (Wildman–Crippen MR) is 110 cm³/mol. The van der Waals surface area contributed by atoms with E-state index in [-0.39, 0.29) is 16.5 Å². The van der Waals surface area contributed by atoms with Crippen molar-refractivity contribution in [3.8, 4) is 5.75 Å². The Morgan fingerprint density at radius 1 is 1.11 bits per heavy atom. The predicted octanol–water partition coefficient (Wildman–Crippen LogP) is 3.88. The molecule has 0 amide bonds. The summed E-state index contributed by atoms with van der Waals surface area (Å²) in [6.45, 7) is 4.03. The molecule has 0 aliphatic heterocycles. The van der Waals surface area contributed by atoms with E-state index in [9.17, 15) is 13.2 Å². The second kappa shape index (κ2) is 9.45. The van der Waals surface area contributed by atoms with E-state index in [0.717, 1.165) is 12.8 Å². The Labute approximate surface area is 166 Å². The zero-order valence-corrected chi connectivity index (χ0v) is 17.3. The molecule has 0 saturated heterocycles. The summed E-state index contributed by atoms with van der Waals surface area (Å²) < 4.78 is 38.4. The molecule has 0 unspecified atom stereocenters. The molecule has 7 nitrogen and oxygen atoms in total. The van der Waals surface area contributed by atoms with Gasteiger partial charge in [-0.3, -0.25) is 4.72 Å². The highest BCUT2D eigenvalue weighted by atomic mass is 32.2. The molecule has 8 heteroatoms. The van der Waals surface area contributed by atoms with Crippen molar-refractivity contribution in [1.29, 1.82) is 0 Å². The van der Waals surface area contributed by atoms with Crippen LogP contribution in [-0.4, -0.2) is 34.6 Å². The fraction of sp³-hybridized carbons (Fsp3) is 0.350. The molecule has 2 aromatic rings. The van der Waals surface area contributed by atoms with E-state index >= 15 is 0 Å². The van der Waals surface area contributed by atoms with Crippen molar-refractivity contribution in [2.24, 2.45) is 0 Å². The van der Waals surface area contributed by atoms with E-state index < -0.39 is 16.0 Å². The molecule has 2 aromatic carbocycles. The summed E-state index contributed by atoms with van der Waals surface area (Å²) in [5.41, 5.74) is 0.970. The van der Waals surface area contributed by atoms with E-state index in [1.165, 1.54) is 20.3 Å². The first-order valence-corrected chi connectivity index (χ1v) is 10.4. The highest BCUT2D eigenvalue weighted by Gasteiger charge is 2.22. The van der Waals surface area contributed by atoms with Crippen molar-refractivity contribution >= 4 is 27.4 Å². The number of carbonyl (C=O) groups is 1. The fourth-order valence-corrected chi connectivity index (χ4v) is 4.00. The molecule has 0 radical (unpaired) electrons. The van der Waals surface area contributed by atoms with Crippen molar-refractivity contribution in [3.63, 3.8) is 0 Å². The van der Waals surface area contributed by atoms with Gasteiger partial charge in [-0.1, -0.05) is 13.3 Å². The van der Waals surface area contributed by atoms with Crippen LogP contribution in [-0.2, 0) is 14.8 Å². The first kappa shape index (κ1) is 21.6. The molecular formula is C20H26N2O5S. The maximum atomic E-state index is 13.0. The number of anilines is 2. The lowest BCUT2D eigenvalue weighted by atomic mass is 10.1. The number of methoxy groups -OCH3 is 2. The average Bonchev–Trinajstić information content (AvgIpc) is 2.68. The maximum Gasteiger partial charge on any atom is 0.337 e. The second-order valence-corrected chi connectivity index (χ2v) is 8.02. The SMILES string of the molecule is CCC[C@H](C)Nc1ccc(C(=O)OC)cc1S(=O)(=O)Nc1ccc(OC)cc1. The van der Waals surface area contributed by atoms with Crippen molar-refractivity contribution in [2.75, 3.05) is 24.3 Å². The lowest BCUT2D eigenvalue weighted by molar-refractivity contribution is 0.0600. The minimum atomic E-state index is -3.95. The zero-order chi connectivity index (χ0) is 20.7. The molecule has 0 aromatic heterocycles. The van der Waals surface area contributed by atoms with Gasteiger partial charge in [0.1, 0.15) is 10.6 Å². The van der Waals surface area contributed by atoms with Gasteiger partial charge >= 0.3 is 5.97 Å². The number of hydrogen-bond acceptors (Lipinski definition) is 6. The van der Waals surface area contributed by atoms with Gasteiger partial charge in [-0.25, -0.2) is 13.2 Å². The molecular weight excluding hydrogens is 380 g/mol. The molecule has 0 aliphatic carbocycles. The van der Waals surface area contributed by atoms with Crippen molar-refractivity contribution in [1.82, 2.24) is 0 Å². The van der Waals surface area contributed by atoms with Crippen LogP contribution < -0.4 is 14.8 Å². The number of ether oxygens (including phenoxy) is 2. The Hall–Kier alpha value is -2.74. The molecule has 0 heterocycles. The summed E-state index contributed by atoms with van der Waals surface area (Å²) in [6.07, 6.45) is 1.84. The summed E-state index contributed by atoms with van der Waals surface area (Å²) in [5, 5.41) is 3.21. The number of carbonyl (C=O) groups excluding carboxylic acids is 1. The highest BCUT2D eigenvalue weighted by Crippen LogP contribution is 2.27. The van der Waals surface area contributed by atoms with E-state index in [2.05, 4.69) is 17.0 Å². The molecule has 152 valence electrons. The summed E-state index contributed by atoms with van der Waals surface area (Å²) in [6, 6.07) is 11.0. The minimum Gasteiger partial charge on any atom is -0.497 e. The summed E-state index contributed by atoms with van der Waals surface area (Å²) in [7, 11) is -1.16. The quantitative estimate of drug-likeness (QED) is 0.614. The smallest absolute Gasteiger partial charge is 0.337 e. The maximum absolute atomic E-state index is 13.0. The van der Waals surface area contributed by atoms with Crippen LogP contribution in [0.4, 0.5) is 11.4 Å². The first-order valence-electron chi connectivity index (χ1n) is 8.96. The normalized spacial score (nSPS) is 12.1. The first-order chi connectivity index (χ1) is 13.3. The lowest BCUT2D eigenvalue weighted by Gasteiger charge is -2.19. The third kappa shape index (κ3) is 5.39. The van der Waals surface area contributed by atoms with E-state index in [1.54, 1.807) is 36.4 Å². The van der Waals surface area contributed by atoms with Crippen LogP contribution in [0.2, 0.25) is 0 Å². The van der Waals surface area contributed by atoms with E-state index in [1.807, 2.05) is 6.92 Å². The van der Waals surface area contributed by atoms with Gasteiger partial charge in [-0.05, 0) is 55.8 Å². The average molecular weight is 407 g/mol. The Morgan fingerprint density at radius 3 is 2.36 bits per heavy atom. The minimum absolute atomic E-state index is 0.0193. The summed E-state index contributed by atoms with van der Waals surface area (Å²) >= 11 is 0. The molecule has 0 fully saturated rings. The number of sulfonamides is 1. The van der Waals surface area contributed by atoms with Crippen LogP contribution in [0.15, 0.2) is 47.4 Å². The molecule has 1 atom stereocenters. The van der Waals surface area contributed by atoms with E-state index in [0.29, 0.717) is 17.1 Å². The van der Waals surface area contributed by atoms with Gasteiger partial charge in [0.05, 0.1) is 25.5 Å². The topological polar surface area (TPSA) is 93.7 Å². The number of esters is 1. The van der Waals surface area contributed by atoms with Crippen LogP contribution in [0.5, 0.6) is 5.75 Å². The second-order valence-electron chi connectivity index (χ2n) is 6.37. The molecule has 28 heavy (non-hydrogen) atoms. The van der Waals surface area contributed by atoms with Crippen LogP contribution in [0.1, 0.15) is 37.0 Å². The molecule has 2 N–H and O–H groups in total. The lowest BCUT2D eigenvalue weighted by Crippen LogP contribution is -2.20.